The molecule has 2 aliphatic rings. The smallest absolute Gasteiger partial charge is 0.257 e. The Labute approximate surface area is 164 Å². The Morgan fingerprint density at radius 2 is 1.57 bits per heavy atom. The predicted octanol–water partition coefficient (Wildman–Crippen LogP) is 4.01. The Bertz CT molecular complexity index is 983. The molecule has 1 aliphatic heterocycles. The Kier molecular flexibility index (Phi) is 4.59. The van der Waals surface area contributed by atoms with Crippen LogP contribution in [-0.4, -0.2) is 17.7 Å². The minimum atomic E-state index is -0.335. The Morgan fingerprint density at radius 1 is 0.929 bits per heavy atom. The molecule has 3 amide bonds. The van der Waals surface area contributed by atoms with Gasteiger partial charge in [0.25, 0.3) is 5.91 Å². The molecule has 0 spiro atoms. The third-order valence-corrected chi connectivity index (χ3v) is 5.75. The van der Waals surface area contributed by atoms with Crippen LogP contribution in [0.2, 0.25) is 0 Å². The van der Waals surface area contributed by atoms with Crippen LogP contribution in [0.4, 0.5) is 11.4 Å². The van der Waals surface area contributed by atoms with Crippen LogP contribution >= 0.6 is 0 Å². The molecule has 0 radical (unpaired) electrons. The molecular weight excluding hydrogens is 352 g/mol. The number of anilines is 2. The van der Waals surface area contributed by atoms with Gasteiger partial charge < -0.3 is 5.32 Å². The normalized spacial score (nSPS) is 21.0. The molecule has 1 aliphatic carbocycles. The number of para-hydroxylation sites is 1. The standard InChI is InChI=1S/C23H22N2O3/c1-14-8-7-12-19(15(14)2)24-21(26)18-11-5-6-13-20(18)25-22(27)16-9-3-4-10-17(16)23(25)28/h3-8,11-13,16-17H,9-10H2,1-2H3,(H,24,26)/t16-,17-/m0/s1. The van der Waals surface area contributed by atoms with E-state index in [-0.39, 0.29) is 29.6 Å². The number of rotatable bonds is 3. The first-order chi connectivity index (χ1) is 13.5. The van der Waals surface area contributed by atoms with Crippen LogP contribution in [0.5, 0.6) is 0 Å². The number of hydrogen-bond donors (Lipinski definition) is 1. The number of fused-ring (bicyclic) bond motifs is 1. The highest BCUT2D eigenvalue weighted by atomic mass is 16.2. The zero-order valence-corrected chi connectivity index (χ0v) is 15.9. The monoisotopic (exact) mass is 374 g/mol. The molecule has 5 heteroatoms. The van der Waals surface area contributed by atoms with Gasteiger partial charge in [-0.3, -0.25) is 14.4 Å². The minimum absolute atomic E-state index is 0.216. The van der Waals surface area contributed by atoms with Crippen molar-refractivity contribution in [3.8, 4) is 0 Å². The molecular formula is C23H22N2O3. The van der Waals surface area contributed by atoms with E-state index in [4.69, 9.17) is 0 Å². The highest BCUT2D eigenvalue weighted by molar-refractivity contribution is 6.25. The van der Waals surface area contributed by atoms with Crippen molar-refractivity contribution in [2.75, 3.05) is 10.2 Å². The predicted molar refractivity (Wildman–Crippen MR) is 108 cm³/mol. The first-order valence-corrected chi connectivity index (χ1v) is 9.48. The van der Waals surface area contributed by atoms with Gasteiger partial charge in [0.15, 0.2) is 0 Å². The summed E-state index contributed by atoms with van der Waals surface area (Å²) in [6, 6.07) is 12.5. The lowest BCUT2D eigenvalue weighted by Gasteiger charge is -2.19. The maximum atomic E-state index is 13.0. The van der Waals surface area contributed by atoms with Crippen LogP contribution in [0, 0.1) is 25.7 Å². The summed E-state index contributed by atoms with van der Waals surface area (Å²) in [6.07, 6.45) is 5.05. The van der Waals surface area contributed by atoms with Crippen LogP contribution in [0.25, 0.3) is 0 Å². The molecule has 0 saturated carbocycles. The number of allylic oxidation sites excluding steroid dienone is 2. The van der Waals surface area contributed by atoms with Gasteiger partial charge in [0, 0.05) is 5.69 Å². The van der Waals surface area contributed by atoms with Crippen LogP contribution in [0.1, 0.15) is 34.3 Å². The molecule has 0 bridgehead atoms. The number of aryl methyl sites for hydroxylation is 1. The van der Waals surface area contributed by atoms with E-state index in [1.54, 1.807) is 24.3 Å². The minimum Gasteiger partial charge on any atom is -0.322 e. The van der Waals surface area contributed by atoms with Gasteiger partial charge in [-0.2, -0.15) is 0 Å². The van der Waals surface area contributed by atoms with Crippen molar-refractivity contribution in [1.82, 2.24) is 0 Å². The number of imide groups is 1. The molecule has 142 valence electrons. The van der Waals surface area contributed by atoms with Gasteiger partial charge in [-0.05, 0) is 56.0 Å². The van der Waals surface area contributed by atoms with E-state index in [9.17, 15) is 14.4 Å². The summed E-state index contributed by atoms with van der Waals surface area (Å²) in [5, 5.41) is 2.92. The Balaban J connectivity index is 1.68. The van der Waals surface area contributed by atoms with Gasteiger partial charge in [-0.1, -0.05) is 36.4 Å². The molecule has 2 aromatic rings. The average Bonchev–Trinajstić information content (AvgIpc) is 2.96. The van der Waals surface area contributed by atoms with Gasteiger partial charge in [0.1, 0.15) is 0 Å². The molecule has 4 rings (SSSR count). The summed E-state index contributed by atoms with van der Waals surface area (Å²) in [5.41, 5.74) is 3.45. The SMILES string of the molecule is Cc1cccc(NC(=O)c2ccccc2N2C(=O)[C@H]3CC=CC[C@@H]3C2=O)c1C. The van der Waals surface area contributed by atoms with E-state index in [0.717, 1.165) is 16.8 Å². The second-order valence-corrected chi connectivity index (χ2v) is 7.39. The van der Waals surface area contributed by atoms with Gasteiger partial charge >= 0.3 is 0 Å². The number of hydrogen-bond acceptors (Lipinski definition) is 3. The molecule has 1 fully saturated rings. The Morgan fingerprint density at radius 3 is 2.25 bits per heavy atom. The number of nitrogens with zero attached hydrogens (tertiary/aromatic N) is 1. The summed E-state index contributed by atoms with van der Waals surface area (Å²) in [7, 11) is 0. The van der Waals surface area contributed by atoms with E-state index in [2.05, 4.69) is 5.32 Å². The lowest BCUT2D eigenvalue weighted by Crippen LogP contribution is -2.33. The number of nitrogens with one attached hydrogen (secondary N) is 1. The first kappa shape index (κ1) is 18.2. The van der Waals surface area contributed by atoms with Gasteiger partial charge in [0.05, 0.1) is 23.1 Å². The quantitative estimate of drug-likeness (QED) is 0.652. The maximum absolute atomic E-state index is 13.0. The van der Waals surface area contributed by atoms with E-state index < -0.39 is 0 Å². The Hall–Kier alpha value is -3.21. The summed E-state index contributed by atoms with van der Waals surface area (Å²) < 4.78 is 0. The van der Waals surface area contributed by atoms with Gasteiger partial charge in [-0.15, -0.1) is 0 Å². The number of benzene rings is 2. The molecule has 0 aromatic heterocycles. The van der Waals surface area contributed by atoms with Gasteiger partial charge in [-0.25, -0.2) is 4.90 Å². The average molecular weight is 374 g/mol. The van der Waals surface area contributed by atoms with Crippen molar-refractivity contribution < 1.29 is 14.4 Å². The highest BCUT2D eigenvalue weighted by Crippen LogP contribution is 2.38. The first-order valence-electron chi connectivity index (χ1n) is 9.48. The van der Waals surface area contributed by atoms with E-state index in [1.165, 1.54) is 4.90 Å². The largest absolute Gasteiger partial charge is 0.322 e. The fourth-order valence-corrected chi connectivity index (χ4v) is 3.97. The summed E-state index contributed by atoms with van der Waals surface area (Å²) >= 11 is 0. The molecule has 28 heavy (non-hydrogen) atoms. The highest BCUT2D eigenvalue weighted by Gasteiger charge is 2.48. The molecule has 0 unspecified atom stereocenters. The summed E-state index contributed by atoms with van der Waals surface area (Å²) in [6.45, 7) is 3.93. The van der Waals surface area contributed by atoms with E-state index in [0.29, 0.717) is 24.1 Å². The van der Waals surface area contributed by atoms with Crippen LogP contribution < -0.4 is 10.2 Å². The molecule has 1 heterocycles. The van der Waals surface area contributed by atoms with Crippen molar-refractivity contribution in [2.24, 2.45) is 11.8 Å². The number of amides is 3. The van der Waals surface area contributed by atoms with Crippen LogP contribution in [-0.2, 0) is 9.59 Å². The summed E-state index contributed by atoms with van der Waals surface area (Å²) in [4.78, 5) is 40.1. The third kappa shape index (κ3) is 2.93. The van der Waals surface area contributed by atoms with E-state index >= 15 is 0 Å². The molecule has 1 N–H and O–H groups in total. The van der Waals surface area contributed by atoms with Gasteiger partial charge in [0.2, 0.25) is 11.8 Å². The van der Waals surface area contributed by atoms with Crippen molar-refractivity contribution in [3.05, 3.63) is 71.3 Å². The zero-order chi connectivity index (χ0) is 19.8. The van der Waals surface area contributed by atoms with Crippen LogP contribution in [0.15, 0.2) is 54.6 Å². The lowest BCUT2D eigenvalue weighted by molar-refractivity contribution is -0.122. The van der Waals surface area contributed by atoms with Crippen LogP contribution in [0.3, 0.4) is 0 Å². The second-order valence-electron chi connectivity index (χ2n) is 7.39. The third-order valence-electron chi connectivity index (χ3n) is 5.75. The molecule has 5 nitrogen and oxygen atoms in total. The van der Waals surface area contributed by atoms with Crippen molar-refractivity contribution in [1.29, 1.82) is 0 Å². The van der Waals surface area contributed by atoms with Crippen molar-refractivity contribution in [2.45, 2.75) is 26.7 Å². The lowest BCUT2D eigenvalue weighted by atomic mass is 9.85. The number of carbonyl (C=O) groups excluding carboxylic acids is 3. The molecule has 2 atom stereocenters. The van der Waals surface area contributed by atoms with Crippen molar-refractivity contribution >= 4 is 29.1 Å². The summed E-state index contributed by atoms with van der Waals surface area (Å²) in [5.74, 6) is -1.42. The second kappa shape index (κ2) is 7.08. The molecule has 1 saturated heterocycles. The fourth-order valence-electron chi connectivity index (χ4n) is 3.97. The van der Waals surface area contributed by atoms with E-state index in [1.807, 2.05) is 44.2 Å². The topological polar surface area (TPSA) is 66.5 Å². The van der Waals surface area contributed by atoms with Crippen molar-refractivity contribution in [3.63, 3.8) is 0 Å². The number of carbonyl (C=O) groups is 3. The molecule has 2 aromatic carbocycles. The fraction of sp³-hybridized carbons (Fsp3) is 0.261. The maximum Gasteiger partial charge on any atom is 0.257 e. The zero-order valence-electron chi connectivity index (χ0n) is 15.9.